The highest BCUT2D eigenvalue weighted by Crippen LogP contribution is 2.23. The highest BCUT2D eigenvalue weighted by Gasteiger charge is 2.10. The van der Waals surface area contributed by atoms with E-state index in [0.29, 0.717) is 6.42 Å². The largest absolute Gasteiger partial charge is 0.322 e. The van der Waals surface area contributed by atoms with Crippen molar-refractivity contribution in [3.8, 4) is 0 Å². The molecule has 0 aliphatic carbocycles. The lowest BCUT2D eigenvalue weighted by atomic mass is 9.99. The number of aryl methyl sites for hydroxylation is 1. The van der Waals surface area contributed by atoms with Crippen LogP contribution in [0.25, 0.3) is 10.9 Å². The monoisotopic (exact) mass is 373 g/mol. The minimum atomic E-state index is 0.00117. The molecule has 3 aromatic rings. The molecular weight excluding hydrogens is 358 g/mol. The topological polar surface area (TPSA) is 32.9 Å². The fraction of sp³-hybridized carbons (Fsp3) is 0.167. The van der Waals surface area contributed by atoms with E-state index in [2.05, 4.69) is 57.5 Å². The predicted molar refractivity (Wildman–Crippen MR) is 98.0 cm³/mol. The number of H-pyrrole nitrogens is 1. The Morgan fingerprint density at radius 3 is 2.55 bits per heavy atom. The fourth-order valence-electron chi connectivity index (χ4n) is 2.63. The number of thioether (sulfide) groups is 1. The number of aromatic nitrogens is 1. The average Bonchev–Trinajstić information content (AvgIpc) is 2.53. The van der Waals surface area contributed by atoms with E-state index >= 15 is 0 Å². The zero-order chi connectivity index (χ0) is 15.7. The van der Waals surface area contributed by atoms with E-state index in [1.165, 1.54) is 4.90 Å². The van der Waals surface area contributed by atoms with Crippen LogP contribution in [0.4, 0.5) is 0 Å². The van der Waals surface area contributed by atoms with Crippen molar-refractivity contribution in [2.75, 3.05) is 6.26 Å². The first-order chi connectivity index (χ1) is 10.6. The molecule has 0 bridgehead atoms. The van der Waals surface area contributed by atoms with Gasteiger partial charge in [-0.1, -0.05) is 28.1 Å². The number of fused-ring (bicyclic) bond motifs is 1. The maximum Gasteiger partial charge on any atom is 0.252 e. The Kier molecular flexibility index (Phi) is 4.41. The van der Waals surface area contributed by atoms with Crippen LogP contribution in [0.2, 0.25) is 0 Å². The van der Waals surface area contributed by atoms with Crippen molar-refractivity contribution < 1.29 is 0 Å². The number of pyridine rings is 1. The molecule has 4 heteroatoms. The quantitative estimate of drug-likeness (QED) is 0.661. The van der Waals surface area contributed by atoms with Crippen LogP contribution in [-0.4, -0.2) is 11.2 Å². The summed E-state index contributed by atoms with van der Waals surface area (Å²) in [6, 6.07) is 14.3. The van der Waals surface area contributed by atoms with Gasteiger partial charge in [-0.05, 0) is 54.6 Å². The molecule has 3 rings (SSSR count). The first-order valence-corrected chi connectivity index (χ1v) is 9.04. The van der Waals surface area contributed by atoms with Crippen molar-refractivity contribution >= 4 is 38.6 Å². The van der Waals surface area contributed by atoms with E-state index in [4.69, 9.17) is 0 Å². The molecule has 0 amide bonds. The van der Waals surface area contributed by atoms with E-state index in [1.54, 1.807) is 11.8 Å². The number of hydrogen-bond acceptors (Lipinski definition) is 2. The molecule has 2 aromatic carbocycles. The van der Waals surface area contributed by atoms with Crippen molar-refractivity contribution in [2.45, 2.75) is 18.2 Å². The third-order valence-corrected chi connectivity index (χ3v) is 5.14. The van der Waals surface area contributed by atoms with Gasteiger partial charge in [-0.3, -0.25) is 4.79 Å². The van der Waals surface area contributed by atoms with Crippen LogP contribution in [0.1, 0.15) is 16.7 Å². The number of halogens is 1. The Balaban J connectivity index is 2.07. The predicted octanol–water partition coefficient (Wildman–Crippen LogP) is 4.91. The van der Waals surface area contributed by atoms with E-state index in [9.17, 15) is 4.79 Å². The normalized spacial score (nSPS) is 11.0. The van der Waals surface area contributed by atoms with Gasteiger partial charge in [0, 0.05) is 32.3 Å². The summed E-state index contributed by atoms with van der Waals surface area (Å²) in [7, 11) is 0. The Morgan fingerprint density at radius 2 is 1.86 bits per heavy atom. The van der Waals surface area contributed by atoms with Gasteiger partial charge in [0.05, 0.1) is 0 Å². The second kappa shape index (κ2) is 6.31. The SMILES string of the molecule is CSc1ccc(Cc2c(C)c3cc(Br)ccc3[nH]c2=O)cc1. The first kappa shape index (κ1) is 15.4. The molecule has 1 heterocycles. The van der Waals surface area contributed by atoms with Crippen molar-refractivity contribution in [1.82, 2.24) is 4.98 Å². The van der Waals surface area contributed by atoms with Gasteiger partial charge in [0.1, 0.15) is 0 Å². The molecule has 0 aliphatic rings. The molecule has 0 fully saturated rings. The molecular formula is C18H16BrNOS. The Hall–Kier alpha value is -1.52. The molecule has 0 atom stereocenters. The second-order valence-electron chi connectivity index (χ2n) is 5.27. The molecule has 22 heavy (non-hydrogen) atoms. The maximum atomic E-state index is 12.4. The summed E-state index contributed by atoms with van der Waals surface area (Å²) in [6.45, 7) is 2.02. The molecule has 0 radical (unpaired) electrons. The summed E-state index contributed by atoms with van der Waals surface area (Å²) >= 11 is 5.22. The minimum absolute atomic E-state index is 0.00117. The lowest BCUT2D eigenvalue weighted by molar-refractivity contribution is 1.09. The number of nitrogens with one attached hydrogen (secondary N) is 1. The van der Waals surface area contributed by atoms with Gasteiger partial charge in [0.2, 0.25) is 0 Å². The minimum Gasteiger partial charge on any atom is -0.322 e. The zero-order valence-electron chi connectivity index (χ0n) is 12.4. The van der Waals surface area contributed by atoms with Crippen LogP contribution in [0, 0.1) is 6.92 Å². The molecule has 2 nitrogen and oxygen atoms in total. The average molecular weight is 374 g/mol. The number of rotatable bonds is 3. The van der Waals surface area contributed by atoms with Gasteiger partial charge in [0.25, 0.3) is 5.56 Å². The van der Waals surface area contributed by atoms with Crippen LogP contribution in [0.15, 0.2) is 56.6 Å². The highest BCUT2D eigenvalue weighted by atomic mass is 79.9. The molecule has 0 saturated heterocycles. The summed E-state index contributed by atoms with van der Waals surface area (Å²) in [5.74, 6) is 0. The van der Waals surface area contributed by atoms with Gasteiger partial charge in [-0.25, -0.2) is 0 Å². The lowest BCUT2D eigenvalue weighted by Gasteiger charge is -2.10. The van der Waals surface area contributed by atoms with Gasteiger partial charge < -0.3 is 4.98 Å². The summed E-state index contributed by atoms with van der Waals surface area (Å²) in [5.41, 5.74) is 3.92. The van der Waals surface area contributed by atoms with Gasteiger partial charge >= 0.3 is 0 Å². The third-order valence-electron chi connectivity index (χ3n) is 3.90. The third kappa shape index (κ3) is 2.99. The van der Waals surface area contributed by atoms with Crippen LogP contribution in [0.5, 0.6) is 0 Å². The van der Waals surface area contributed by atoms with Crippen molar-refractivity contribution in [1.29, 1.82) is 0 Å². The molecule has 0 saturated carbocycles. The zero-order valence-corrected chi connectivity index (χ0v) is 14.8. The Labute approximate surface area is 142 Å². The summed E-state index contributed by atoms with van der Waals surface area (Å²) < 4.78 is 1.02. The summed E-state index contributed by atoms with van der Waals surface area (Å²) in [4.78, 5) is 16.6. The van der Waals surface area contributed by atoms with Crippen molar-refractivity contribution in [3.63, 3.8) is 0 Å². The van der Waals surface area contributed by atoms with Crippen molar-refractivity contribution in [3.05, 3.63) is 74.0 Å². The number of aromatic amines is 1. The van der Waals surface area contributed by atoms with E-state index in [-0.39, 0.29) is 5.56 Å². The fourth-order valence-corrected chi connectivity index (χ4v) is 3.40. The molecule has 112 valence electrons. The number of benzene rings is 2. The van der Waals surface area contributed by atoms with E-state index in [0.717, 1.165) is 32.1 Å². The molecule has 0 unspecified atom stereocenters. The lowest BCUT2D eigenvalue weighted by Crippen LogP contribution is -2.15. The first-order valence-electron chi connectivity index (χ1n) is 7.02. The van der Waals surface area contributed by atoms with Crippen LogP contribution < -0.4 is 5.56 Å². The van der Waals surface area contributed by atoms with E-state index in [1.807, 2.05) is 19.1 Å². The van der Waals surface area contributed by atoms with Crippen LogP contribution >= 0.6 is 27.7 Å². The molecule has 1 aromatic heterocycles. The molecule has 1 N–H and O–H groups in total. The van der Waals surface area contributed by atoms with E-state index < -0.39 is 0 Å². The second-order valence-corrected chi connectivity index (χ2v) is 7.07. The standard InChI is InChI=1S/C18H16BrNOS/c1-11-15-10-13(19)5-8-17(15)20-18(21)16(11)9-12-3-6-14(22-2)7-4-12/h3-8,10H,9H2,1-2H3,(H,20,21). The summed E-state index contributed by atoms with van der Waals surface area (Å²) in [6.07, 6.45) is 2.71. The number of hydrogen-bond donors (Lipinski definition) is 1. The Morgan fingerprint density at radius 1 is 1.14 bits per heavy atom. The van der Waals surface area contributed by atoms with Gasteiger partial charge in [-0.2, -0.15) is 0 Å². The summed E-state index contributed by atoms with van der Waals surface area (Å²) in [5, 5.41) is 1.09. The van der Waals surface area contributed by atoms with Gasteiger partial charge in [-0.15, -0.1) is 11.8 Å². The van der Waals surface area contributed by atoms with Crippen LogP contribution in [0.3, 0.4) is 0 Å². The maximum absolute atomic E-state index is 12.4. The molecule has 0 aliphatic heterocycles. The smallest absolute Gasteiger partial charge is 0.252 e. The highest BCUT2D eigenvalue weighted by molar-refractivity contribution is 9.10. The van der Waals surface area contributed by atoms with Crippen LogP contribution in [-0.2, 0) is 6.42 Å². The Bertz CT molecular complexity index is 884. The molecule has 0 spiro atoms. The van der Waals surface area contributed by atoms with Gasteiger partial charge in [0.15, 0.2) is 0 Å². The van der Waals surface area contributed by atoms with Crippen molar-refractivity contribution in [2.24, 2.45) is 0 Å².